The second-order valence-corrected chi connectivity index (χ2v) is 2.74. The van der Waals surface area contributed by atoms with Gasteiger partial charge in [0.25, 0.3) is 0 Å². The Bertz CT molecular complexity index is 224. The lowest BCUT2D eigenvalue weighted by molar-refractivity contribution is 0.217. The molecule has 0 aliphatic rings. The van der Waals surface area contributed by atoms with Crippen LogP contribution in [-0.2, 0) is 0 Å². The molecule has 0 fully saturated rings. The SMILES string of the molecule is CCCCC[C@@H](O)C#CC#CCO. The zero-order valence-corrected chi connectivity index (χ0v) is 8.01. The molecular weight excluding hydrogens is 164 g/mol. The molecule has 72 valence electrons. The summed E-state index contributed by atoms with van der Waals surface area (Å²) >= 11 is 0. The van der Waals surface area contributed by atoms with E-state index in [-0.39, 0.29) is 6.61 Å². The first kappa shape index (κ1) is 12.0. The highest BCUT2D eigenvalue weighted by Gasteiger charge is 1.96. The minimum absolute atomic E-state index is 0.180. The molecule has 0 heterocycles. The van der Waals surface area contributed by atoms with Gasteiger partial charge in [0.1, 0.15) is 12.7 Å². The molecule has 2 heteroatoms. The maximum absolute atomic E-state index is 9.27. The van der Waals surface area contributed by atoms with Gasteiger partial charge in [0.05, 0.1) is 0 Å². The van der Waals surface area contributed by atoms with Crippen molar-refractivity contribution in [2.24, 2.45) is 0 Å². The summed E-state index contributed by atoms with van der Waals surface area (Å²) in [5.41, 5.74) is 0. The van der Waals surface area contributed by atoms with Gasteiger partial charge in [0, 0.05) is 0 Å². The van der Waals surface area contributed by atoms with Crippen LogP contribution in [0.4, 0.5) is 0 Å². The van der Waals surface area contributed by atoms with Crippen molar-refractivity contribution in [1.29, 1.82) is 0 Å². The van der Waals surface area contributed by atoms with Crippen LogP contribution in [0.3, 0.4) is 0 Å². The topological polar surface area (TPSA) is 40.5 Å². The lowest BCUT2D eigenvalue weighted by Gasteiger charge is -2.00. The van der Waals surface area contributed by atoms with Crippen molar-refractivity contribution >= 4 is 0 Å². The monoisotopic (exact) mass is 180 g/mol. The van der Waals surface area contributed by atoms with Gasteiger partial charge in [-0.1, -0.05) is 31.6 Å². The summed E-state index contributed by atoms with van der Waals surface area (Å²) in [4.78, 5) is 0. The molecule has 0 rings (SSSR count). The molecule has 0 aliphatic heterocycles. The summed E-state index contributed by atoms with van der Waals surface area (Å²) < 4.78 is 0. The molecule has 13 heavy (non-hydrogen) atoms. The largest absolute Gasteiger partial charge is 0.384 e. The Balaban J connectivity index is 3.57. The van der Waals surface area contributed by atoms with Crippen molar-refractivity contribution in [2.45, 2.75) is 38.7 Å². The van der Waals surface area contributed by atoms with E-state index in [4.69, 9.17) is 5.11 Å². The van der Waals surface area contributed by atoms with E-state index in [1.54, 1.807) is 0 Å². The van der Waals surface area contributed by atoms with Crippen LogP contribution in [0.15, 0.2) is 0 Å². The lowest BCUT2D eigenvalue weighted by Crippen LogP contribution is -2.01. The Labute approximate surface area is 80.0 Å². The number of unbranched alkanes of at least 4 members (excludes halogenated alkanes) is 2. The number of hydrogen-bond acceptors (Lipinski definition) is 2. The summed E-state index contributed by atoms with van der Waals surface area (Å²) in [6.45, 7) is 1.94. The molecule has 0 amide bonds. The summed E-state index contributed by atoms with van der Waals surface area (Å²) in [5.74, 6) is 9.92. The fourth-order valence-corrected chi connectivity index (χ4v) is 0.863. The Morgan fingerprint density at radius 3 is 2.62 bits per heavy atom. The first-order valence-electron chi connectivity index (χ1n) is 4.58. The summed E-state index contributed by atoms with van der Waals surface area (Å²) in [7, 11) is 0. The van der Waals surface area contributed by atoms with Crippen LogP contribution in [0, 0.1) is 23.7 Å². The molecule has 0 aromatic carbocycles. The Morgan fingerprint density at radius 1 is 1.23 bits per heavy atom. The first-order valence-corrected chi connectivity index (χ1v) is 4.58. The first-order chi connectivity index (χ1) is 6.31. The highest BCUT2D eigenvalue weighted by molar-refractivity contribution is 5.27. The van der Waals surface area contributed by atoms with Gasteiger partial charge in [-0.15, -0.1) is 0 Å². The van der Waals surface area contributed by atoms with Crippen LogP contribution in [0.25, 0.3) is 0 Å². The highest BCUT2D eigenvalue weighted by Crippen LogP contribution is 2.01. The van der Waals surface area contributed by atoms with E-state index >= 15 is 0 Å². The molecule has 2 nitrogen and oxygen atoms in total. The van der Waals surface area contributed by atoms with Crippen LogP contribution >= 0.6 is 0 Å². The van der Waals surface area contributed by atoms with E-state index in [2.05, 4.69) is 30.6 Å². The van der Waals surface area contributed by atoms with E-state index in [0.717, 1.165) is 19.3 Å². The Morgan fingerprint density at radius 2 is 2.00 bits per heavy atom. The van der Waals surface area contributed by atoms with Crippen molar-refractivity contribution in [2.75, 3.05) is 6.61 Å². The Hall–Kier alpha value is -0.960. The van der Waals surface area contributed by atoms with Crippen molar-refractivity contribution < 1.29 is 10.2 Å². The summed E-state index contributed by atoms with van der Waals surface area (Å²) in [5, 5.41) is 17.6. The molecule has 0 saturated carbocycles. The molecule has 1 atom stereocenters. The maximum atomic E-state index is 9.27. The van der Waals surface area contributed by atoms with E-state index < -0.39 is 6.10 Å². The number of rotatable bonds is 4. The predicted octanol–water partition coefficient (Wildman–Crippen LogP) is 0.927. The summed E-state index contributed by atoms with van der Waals surface area (Å²) in [6.07, 6.45) is 3.41. The quantitative estimate of drug-likeness (QED) is 0.499. The maximum Gasteiger partial charge on any atom is 0.115 e. The minimum atomic E-state index is -0.570. The van der Waals surface area contributed by atoms with Gasteiger partial charge < -0.3 is 10.2 Å². The second-order valence-electron chi connectivity index (χ2n) is 2.74. The predicted molar refractivity (Wildman–Crippen MR) is 52.8 cm³/mol. The van der Waals surface area contributed by atoms with Crippen molar-refractivity contribution in [3.8, 4) is 23.7 Å². The van der Waals surface area contributed by atoms with Crippen molar-refractivity contribution in [3.63, 3.8) is 0 Å². The lowest BCUT2D eigenvalue weighted by atomic mass is 10.1. The minimum Gasteiger partial charge on any atom is -0.384 e. The average Bonchev–Trinajstić information content (AvgIpc) is 2.13. The van der Waals surface area contributed by atoms with Crippen LogP contribution in [0.1, 0.15) is 32.6 Å². The van der Waals surface area contributed by atoms with Crippen molar-refractivity contribution in [3.05, 3.63) is 0 Å². The number of aliphatic hydroxyl groups is 2. The zero-order chi connectivity index (χ0) is 9.94. The van der Waals surface area contributed by atoms with Crippen LogP contribution < -0.4 is 0 Å². The third kappa shape index (κ3) is 8.95. The number of aliphatic hydroxyl groups excluding tert-OH is 2. The van der Waals surface area contributed by atoms with E-state index in [0.29, 0.717) is 6.42 Å². The molecule has 0 aromatic rings. The van der Waals surface area contributed by atoms with E-state index in [9.17, 15) is 5.11 Å². The van der Waals surface area contributed by atoms with E-state index in [1.165, 1.54) is 0 Å². The molecule has 0 radical (unpaired) electrons. The molecule has 2 N–H and O–H groups in total. The van der Waals surface area contributed by atoms with Crippen LogP contribution in [0.2, 0.25) is 0 Å². The van der Waals surface area contributed by atoms with Crippen LogP contribution in [-0.4, -0.2) is 22.9 Å². The molecule has 0 spiro atoms. The third-order valence-electron chi connectivity index (χ3n) is 1.55. The van der Waals surface area contributed by atoms with E-state index in [1.807, 2.05) is 0 Å². The van der Waals surface area contributed by atoms with Gasteiger partial charge in [-0.3, -0.25) is 0 Å². The van der Waals surface area contributed by atoms with Gasteiger partial charge in [-0.2, -0.15) is 0 Å². The fourth-order valence-electron chi connectivity index (χ4n) is 0.863. The van der Waals surface area contributed by atoms with Gasteiger partial charge in [0.15, 0.2) is 0 Å². The van der Waals surface area contributed by atoms with Gasteiger partial charge >= 0.3 is 0 Å². The Kier molecular flexibility index (Phi) is 8.46. The third-order valence-corrected chi connectivity index (χ3v) is 1.55. The van der Waals surface area contributed by atoms with Crippen LogP contribution in [0.5, 0.6) is 0 Å². The number of hydrogen-bond donors (Lipinski definition) is 2. The van der Waals surface area contributed by atoms with Gasteiger partial charge in [-0.05, 0) is 24.7 Å². The molecule has 0 saturated heterocycles. The average molecular weight is 180 g/mol. The smallest absolute Gasteiger partial charge is 0.115 e. The molecule has 0 bridgehead atoms. The van der Waals surface area contributed by atoms with Gasteiger partial charge in [0.2, 0.25) is 0 Å². The van der Waals surface area contributed by atoms with Crippen molar-refractivity contribution in [1.82, 2.24) is 0 Å². The van der Waals surface area contributed by atoms with Gasteiger partial charge in [-0.25, -0.2) is 0 Å². The fraction of sp³-hybridized carbons (Fsp3) is 0.636. The summed E-state index contributed by atoms with van der Waals surface area (Å²) in [6, 6.07) is 0. The highest BCUT2D eigenvalue weighted by atomic mass is 16.3. The standard InChI is InChI=1S/C11H16O2/c1-2-3-5-8-11(13)9-6-4-7-10-12/h11-13H,2-3,5,8,10H2,1H3/t11-/m1/s1. The molecule has 0 aromatic heterocycles. The second kappa shape index (κ2) is 9.13. The molecular formula is C11H16O2. The normalized spacial score (nSPS) is 10.7. The molecule has 0 unspecified atom stereocenters. The zero-order valence-electron chi connectivity index (χ0n) is 8.01. The molecule has 0 aliphatic carbocycles.